The summed E-state index contributed by atoms with van der Waals surface area (Å²) in [5, 5.41) is 7.69. The van der Waals surface area contributed by atoms with Gasteiger partial charge in [-0.05, 0) is 44.4 Å². The first kappa shape index (κ1) is 13.4. The van der Waals surface area contributed by atoms with Crippen LogP contribution in [0.25, 0.3) is 0 Å². The molecule has 2 heterocycles. The van der Waals surface area contributed by atoms with Crippen LogP contribution in [0, 0.1) is 0 Å². The standard InChI is InChI=1S/C15H23N5/c1-3-20-15(17-11-18-20)10-19-8-12-6-4-5-7-14(16-2)13(12)9-19/h8-9,11,14,16H,3-7,10H2,1-2H3. The zero-order chi connectivity index (χ0) is 13.9. The van der Waals surface area contributed by atoms with Crippen LogP contribution in [0.15, 0.2) is 18.7 Å². The summed E-state index contributed by atoms with van der Waals surface area (Å²) in [5.74, 6) is 1.03. The average molecular weight is 273 g/mol. The summed E-state index contributed by atoms with van der Waals surface area (Å²) in [6.45, 7) is 3.77. The fourth-order valence-corrected chi connectivity index (χ4v) is 3.14. The number of nitrogens with one attached hydrogen (secondary N) is 1. The van der Waals surface area contributed by atoms with E-state index >= 15 is 0 Å². The van der Waals surface area contributed by atoms with Gasteiger partial charge in [-0.15, -0.1) is 0 Å². The fourth-order valence-electron chi connectivity index (χ4n) is 3.14. The van der Waals surface area contributed by atoms with Gasteiger partial charge in [-0.2, -0.15) is 5.10 Å². The summed E-state index contributed by atoms with van der Waals surface area (Å²) < 4.78 is 4.22. The van der Waals surface area contributed by atoms with E-state index in [1.54, 1.807) is 6.33 Å². The van der Waals surface area contributed by atoms with Gasteiger partial charge in [0.05, 0.1) is 6.54 Å². The molecule has 5 heteroatoms. The number of fused-ring (bicyclic) bond motifs is 1. The molecule has 0 spiro atoms. The van der Waals surface area contributed by atoms with Crippen LogP contribution in [-0.4, -0.2) is 26.4 Å². The van der Waals surface area contributed by atoms with E-state index < -0.39 is 0 Å². The number of aromatic nitrogens is 4. The zero-order valence-electron chi connectivity index (χ0n) is 12.3. The van der Waals surface area contributed by atoms with Gasteiger partial charge in [-0.1, -0.05) is 6.42 Å². The highest BCUT2D eigenvalue weighted by Gasteiger charge is 2.19. The summed E-state index contributed by atoms with van der Waals surface area (Å²) in [6, 6.07) is 0.498. The Kier molecular flexibility index (Phi) is 3.87. The number of nitrogens with zero attached hydrogens (tertiary/aromatic N) is 4. The van der Waals surface area contributed by atoms with Crippen LogP contribution in [-0.2, 0) is 19.5 Å². The Hall–Kier alpha value is -1.62. The van der Waals surface area contributed by atoms with Crippen LogP contribution in [0.5, 0.6) is 0 Å². The van der Waals surface area contributed by atoms with E-state index in [1.165, 1.54) is 36.8 Å². The first-order valence-corrected chi connectivity index (χ1v) is 7.54. The molecule has 0 aromatic carbocycles. The largest absolute Gasteiger partial charge is 0.346 e. The van der Waals surface area contributed by atoms with Crippen LogP contribution < -0.4 is 5.32 Å². The summed E-state index contributed by atoms with van der Waals surface area (Å²) in [6.07, 6.45) is 11.3. The molecule has 2 aromatic heterocycles. The Labute approximate surface area is 120 Å². The van der Waals surface area contributed by atoms with Gasteiger partial charge in [0.25, 0.3) is 0 Å². The SMILES string of the molecule is CCn1ncnc1Cn1cc2c(c1)C(NC)CCCC2. The van der Waals surface area contributed by atoms with Gasteiger partial charge in [-0.25, -0.2) is 9.67 Å². The molecule has 108 valence electrons. The third kappa shape index (κ3) is 2.50. The van der Waals surface area contributed by atoms with Crippen LogP contribution in [0.4, 0.5) is 0 Å². The monoisotopic (exact) mass is 273 g/mol. The van der Waals surface area contributed by atoms with Crippen molar-refractivity contribution in [3.63, 3.8) is 0 Å². The summed E-state index contributed by atoms with van der Waals surface area (Å²) >= 11 is 0. The molecule has 0 bridgehead atoms. The molecule has 20 heavy (non-hydrogen) atoms. The highest BCUT2D eigenvalue weighted by Crippen LogP contribution is 2.29. The number of hydrogen-bond acceptors (Lipinski definition) is 3. The predicted octanol–water partition coefficient (Wildman–Crippen LogP) is 2.13. The van der Waals surface area contributed by atoms with E-state index in [0.29, 0.717) is 6.04 Å². The lowest BCUT2D eigenvalue weighted by Gasteiger charge is -2.13. The second-order valence-corrected chi connectivity index (χ2v) is 5.49. The van der Waals surface area contributed by atoms with Gasteiger partial charge < -0.3 is 9.88 Å². The molecule has 0 saturated heterocycles. The van der Waals surface area contributed by atoms with Crippen molar-refractivity contribution in [2.45, 2.75) is 51.7 Å². The van der Waals surface area contributed by atoms with E-state index in [-0.39, 0.29) is 0 Å². The minimum atomic E-state index is 0.498. The van der Waals surface area contributed by atoms with E-state index in [9.17, 15) is 0 Å². The second-order valence-electron chi connectivity index (χ2n) is 5.49. The van der Waals surface area contributed by atoms with Crippen molar-refractivity contribution >= 4 is 0 Å². The molecule has 0 saturated carbocycles. The third-order valence-corrected chi connectivity index (χ3v) is 4.23. The molecule has 1 aliphatic rings. The first-order chi connectivity index (χ1) is 9.81. The predicted molar refractivity (Wildman–Crippen MR) is 78.6 cm³/mol. The zero-order valence-corrected chi connectivity index (χ0v) is 12.3. The molecule has 1 N–H and O–H groups in total. The quantitative estimate of drug-likeness (QED) is 0.868. The van der Waals surface area contributed by atoms with Crippen LogP contribution in [0.1, 0.15) is 49.2 Å². The molecule has 0 radical (unpaired) electrons. The maximum absolute atomic E-state index is 4.36. The van der Waals surface area contributed by atoms with Gasteiger partial charge in [0, 0.05) is 25.0 Å². The maximum atomic E-state index is 4.36. The lowest BCUT2D eigenvalue weighted by Crippen LogP contribution is -2.15. The minimum Gasteiger partial charge on any atom is -0.346 e. The maximum Gasteiger partial charge on any atom is 0.146 e. The van der Waals surface area contributed by atoms with Crippen LogP contribution >= 0.6 is 0 Å². The van der Waals surface area contributed by atoms with Crippen molar-refractivity contribution < 1.29 is 0 Å². The normalized spacial score (nSPS) is 18.8. The molecule has 2 aromatic rings. The smallest absolute Gasteiger partial charge is 0.146 e. The minimum absolute atomic E-state index is 0.498. The van der Waals surface area contributed by atoms with Gasteiger partial charge in [0.2, 0.25) is 0 Å². The molecule has 1 aliphatic carbocycles. The number of rotatable bonds is 4. The second kappa shape index (κ2) is 5.79. The Balaban J connectivity index is 1.85. The van der Waals surface area contributed by atoms with Crippen molar-refractivity contribution in [3.05, 3.63) is 35.7 Å². The Morgan fingerprint density at radius 3 is 3.05 bits per heavy atom. The Morgan fingerprint density at radius 1 is 1.35 bits per heavy atom. The molecular weight excluding hydrogens is 250 g/mol. The van der Waals surface area contributed by atoms with Gasteiger partial charge in [0.15, 0.2) is 0 Å². The van der Waals surface area contributed by atoms with E-state index in [2.05, 4.69) is 46.3 Å². The summed E-state index contributed by atoms with van der Waals surface area (Å²) in [7, 11) is 2.06. The summed E-state index contributed by atoms with van der Waals surface area (Å²) in [4.78, 5) is 4.36. The van der Waals surface area contributed by atoms with Gasteiger partial charge in [-0.3, -0.25) is 0 Å². The van der Waals surface area contributed by atoms with Crippen LogP contribution in [0.2, 0.25) is 0 Å². The molecule has 1 atom stereocenters. The van der Waals surface area contributed by atoms with Crippen LogP contribution in [0.3, 0.4) is 0 Å². The van der Waals surface area contributed by atoms with Crippen molar-refractivity contribution in [3.8, 4) is 0 Å². The molecule has 3 rings (SSSR count). The van der Waals surface area contributed by atoms with Gasteiger partial charge >= 0.3 is 0 Å². The van der Waals surface area contributed by atoms with E-state index in [1.807, 2.05) is 4.68 Å². The van der Waals surface area contributed by atoms with E-state index in [0.717, 1.165) is 18.9 Å². The number of aryl methyl sites for hydroxylation is 2. The molecular formula is C15H23N5. The van der Waals surface area contributed by atoms with Crippen molar-refractivity contribution in [2.24, 2.45) is 0 Å². The third-order valence-electron chi connectivity index (χ3n) is 4.23. The first-order valence-electron chi connectivity index (χ1n) is 7.54. The molecule has 5 nitrogen and oxygen atoms in total. The van der Waals surface area contributed by atoms with Crippen molar-refractivity contribution in [2.75, 3.05) is 7.05 Å². The topological polar surface area (TPSA) is 47.7 Å². The molecule has 1 unspecified atom stereocenters. The fraction of sp³-hybridized carbons (Fsp3) is 0.600. The molecule has 0 fully saturated rings. The van der Waals surface area contributed by atoms with Gasteiger partial charge in [0.1, 0.15) is 12.2 Å². The molecule has 0 aliphatic heterocycles. The lowest BCUT2D eigenvalue weighted by atomic mass is 10.1. The Morgan fingerprint density at radius 2 is 2.25 bits per heavy atom. The molecule has 0 amide bonds. The average Bonchev–Trinajstić information content (AvgIpc) is 3.02. The van der Waals surface area contributed by atoms with Crippen molar-refractivity contribution in [1.29, 1.82) is 0 Å². The van der Waals surface area contributed by atoms with Crippen molar-refractivity contribution in [1.82, 2.24) is 24.6 Å². The Bertz CT molecular complexity index is 569. The highest BCUT2D eigenvalue weighted by molar-refractivity contribution is 5.29. The number of hydrogen-bond donors (Lipinski definition) is 1. The lowest BCUT2D eigenvalue weighted by molar-refractivity contribution is 0.529. The highest BCUT2D eigenvalue weighted by atomic mass is 15.3. The van der Waals surface area contributed by atoms with E-state index in [4.69, 9.17) is 0 Å². The summed E-state index contributed by atoms with van der Waals surface area (Å²) in [5.41, 5.74) is 2.96.